The summed E-state index contributed by atoms with van der Waals surface area (Å²) >= 11 is 0. The Hall–Kier alpha value is -3.28. The first-order chi connectivity index (χ1) is 10.9. The van der Waals surface area contributed by atoms with Crippen LogP contribution in [0.25, 0.3) is 28.4 Å². The molecule has 4 aromatic rings. The molecule has 0 saturated carbocycles. The molecule has 0 amide bonds. The van der Waals surface area contributed by atoms with Crippen LogP contribution in [0, 0.1) is 0 Å². The van der Waals surface area contributed by atoms with Gasteiger partial charge in [-0.2, -0.15) is 4.68 Å². The molecule has 2 aromatic heterocycles. The molecule has 0 atom stereocenters. The van der Waals surface area contributed by atoms with E-state index in [9.17, 15) is 0 Å². The molecule has 0 saturated heterocycles. The third kappa shape index (κ3) is 2.07. The topological polar surface area (TPSA) is 69.6 Å². The van der Waals surface area contributed by atoms with Crippen LogP contribution in [-0.2, 0) is 0 Å². The van der Waals surface area contributed by atoms with Gasteiger partial charge in [-0.15, -0.1) is 5.10 Å². The van der Waals surface area contributed by atoms with E-state index in [0.29, 0.717) is 11.6 Å². The third-order valence-corrected chi connectivity index (χ3v) is 3.32. The van der Waals surface area contributed by atoms with Crippen molar-refractivity contribution in [3.63, 3.8) is 0 Å². The maximum absolute atomic E-state index is 5.41. The van der Waals surface area contributed by atoms with Gasteiger partial charge in [0.15, 0.2) is 11.6 Å². The van der Waals surface area contributed by atoms with Crippen LogP contribution in [0.2, 0.25) is 0 Å². The van der Waals surface area contributed by atoms with Gasteiger partial charge in [-0.05, 0) is 22.6 Å². The molecule has 2 aromatic carbocycles. The molecule has 4 rings (SSSR count). The molecule has 2 heterocycles. The summed E-state index contributed by atoms with van der Waals surface area (Å²) in [5.41, 5.74) is 2.56. The number of para-hydroxylation sites is 1. The Kier molecular flexibility index (Phi) is 2.97. The third-order valence-electron chi connectivity index (χ3n) is 3.32. The first-order valence-electron chi connectivity index (χ1n) is 6.78. The van der Waals surface area contributed by atoms with Crippen molar-refractivity contribution in [2.24, 2.45) is 0 Å². The van der Waals surface area contributed by atoms with Crippen LogP contribution >= 0.6 is 0 Å². The lowest BCUT2D eigenvalue weighted by Gasteiger charge is -2.03. The number of benzene rings is 2. The fraction of sp³-hybridized carbons (Fsp3) is 0. The number of rotatable bonds is 3. The predicted molar refractivity (Wildman–Crippen MR) is 80.1 cm³/mol. The quantitative estimate of drug-likeness (QED) is 0.580. The maximum atomic E-state index is 5.41. The number of aromatic nitrogens is 5. The Bertz CT molecular complexity index is 807. The Labute approximate surface area is 126 Å². The Morgan fingerprint density at radius 3 is 2.36 bits per heavy atom. The van der Waals surface area contributed by atoms with E-state index >= 15 is 0 Å². The van der Waals surface area contributed by atoms with E-state index in [-0.39, 0.29) is 0 Å². The molecule has 106 valence electrons. The van der Waals surface area contributed by atoms with Crippen molar-refractivity contribution in [1.29, 1.82) is 0 Å². The highest BCUT2D eigenvalue weighted by Crippen LogP contribution is 2.31. The minimum absolute atomic E-state index is 0.589. The molecule has 6 heteroatoms. The Morgan fingerprint density at radius 1 is 0.864 bits per heavy atom. The fourth-order valence-electron chi connectivity index (χ4n) is 2.29. The minimum Gasteiger partial charge on any atom is -0.356 e. The molecule has 6 nitrogen and oxygen atoms in total. The maximum Gasteiger partial charge on any atom is 0.192 e. The van der Waals surface area contributed by atoms with E-state index < -0.39 is 0 Å². The molecule has 0 fully saturated rings. The van der Waals surface area contributed by atoms with Gasteiger partial charge in [0.05, 0.1) is 17.4 Å². The zero-order chi connectivity index (χ0) is 14.8. The average molecular weight is 289 g/mol. The van der Waals surface area contributed by atoms with Gasteiger partial charge in [0.2, 0.25) is 0 Å². The van der Waals surface area contributed by atoms with E-state index in [0.717, 1.165) is 16.8 Å². The van der Waals surface area contributed by atoms with Crippen LogP contribution in [0.5, 0.6) is 0 Å². The molecule has 0 N–H and O–H groups in total. The SMILES string of the molecule is c1ccc(-c2oncc2-c2nnnn2-c2ccccc2)cc1. The smallest absolute Gasteiger partial charge is 0.192 e. The number of hydrogen-bond acceptors (Lipinski definition) is 5. The summed E-state index contributed by atoms with van der Waals surface area (Å²) in [6.45, 7) is 0. The van der Waals surface area contributed by atoms with Crippen molar-refractivity contribution >= 4 is 0 Å². The summed E-state index contributed by atoms with van der Waals surface area (Å²) in [5.74, 6) is 1.24. The lowest BCUT2D eigenvalue weighted by atomic mass is 10.1. The molecule has 0 aliphatic carbocycles. The van der Waals surface area contributed by atoms with Crippen molar-refractivity contribution in [1.82, 2.24) is 25.4 Å². The number of tetrazole rings is 1. The van der Waals surface area contributed by atoms with Gasteiger partial charge < -0.3 is 4.52 Å². The summed E-state index contributed by atoms with van der Waals surface area (Å²) < 4.78 is 7.07. The van der Waals surface area contributed by atoms with E-state index in [1.54, 1.807) is 10.9 Å². The van der Waals surface area contributed by atoms with Gasteiger partial charge >= 0.3 is 0 Å². The fourth-order valence-corrected chi connectivity index (χ4v) is 2.29. The second kappa shape index (κ2) is 5.25. The van der Waals surface area contributed by atoms with Crippen LogP contribution in [-0.4, -0.2) is 25.4 Å². The zero-order valence-corrected chi connectivity index (χ0v) is 11.5. The highest BCUT2D eigenvalue weighted by molar-refractivity contribution is 5.75. The number of nitrogens with zero attached hydrogens (tertiary/aromatic N) is 5. The van der Waals surface area contributed by atoms with Gasteiger partial charge in [-0.25, -0.2) is 0 Å². The molecular formula is C16H11N5O. The molecule has 0 spiro atoms. The minimum atomic E-state index is 0.589. The molecular weight excluding hydrogens is 278 g/mol. The van der Waals surface area contributed by atoms with E-state index in [2.05, 4.69) is 20.7 Å². The van der Waals surface area contributed by atoms with Crippen LogP contribution in [0.4, 0.5) is 0 Å². The Balaban J connectivity index is 1.86. The van der Waals surface area contributed by atoms with Crippen molar-refractivity contribution < 1.29 is 4.52 Å². The van der Waals surface area contributed by atoms with Crippen LogP contribution < -0.4 is 0 Å². The van der Waals surface area contributed by atoms with Gasteiger partial charge in [0, 0.05) is 5.56 Å². The lowest BCUT2D eigenvalue weighted by Crippen LogP contribution is -1.99. The first kappa shape index (κ1) is 12.5. The van der Waals surface area contributed by atoms with Gasteiger partial charge in [-0.3, -0.25) is 0 Å². The standard InChI is InChI=1S/C16H11N5O/c1-3-7-12(8-4-1)15-14(11-17-22-15)16-18-19-20-21(16)13-9-5-2-6-10-13/h1-11H. The molecule has 0 aliphatic heterocycles. The molecule has 0 radical (unpaired) electrons. The molecule has 22 heavy (non-hydrogen) atoms. The van der Waals surface area contributed by atoms with Crippen LogP contribution in [0.1, 0.15) is 0 Å². The van der Waals surface area contributed by atoms with E-state index in [4.69, 9.17) is 4.52 Å². The van der Waals surface area contributed by atoms with E-state index in [1.165, 1.54) is 0 Å². The highest BCUT2D eigenvalue weighted by Gasteiger charge is 2.19. The number of hydrogen-bond donors (Lipinski definition) is 0. The van der Waals surface area contributed by atoms with Gasteiger partial charge in [0.25, 0.3) is 0 Å². The lowest BCUT2D eigenvalue weighted by molar-refractivity contribution is 0.432. The molecule has 0 bridgehead atoms. The van der Waals surface area contributed by atoms with Crippen molar-refractivity contribution in [3.8, 4) is 28.4 Å². The highest BCUT2D eigenvalue weighted by atomic mass is 16.5. The monoisotopic (exact) mass is 289 g/mol. The summed E-state index contributed by atoms with van der Waals surface area (Å²) in [7, 11) is 0. The van der Waals surface area contributed by atoms with Crippen molar-refractivity contribution in [2.75, 3.05) is 0 Å². The molecule has 0 unspecified atom stereocenters. The predicted octanol–water partition coefficient (Wildman–Crippen LogP) is 2.98. The average Bonchev–Trinajstić information content (AvgIpc) is 3.25. The van der Waals surface area contributed by atoms with Gasteiger partial charge in [-0.1, -0.05) is 53.7 Å². The van der Waals surface area contributed by atoms with Crippen LogP contribution in [0.3, 0.4) is 0 Å². The summed E-state index contributed by atoms with van der Waals surface area (Å²) in [6.07, 6.45) is 1.63. The second-order valence-electron chi connectivity index (χ2n) is 4.68. The summed E-state index contributed by atoms with van der Waals surface area (Å²) in [5, 5.41) is 15.9. The van der Waals surface area contributed by atoms with Crippen molar-refractivity contribution in [2.45, 2.75) is 0 Å². The van der Waals surface area contributed by atoms with Crippen LogP contribution in [0.15, 0.2) is 71.4 Å². The largest absolute Gasteiger partial charge is 0.356 e. The molecule has 0 aliphatic rings. The van der Waals surface area contributed by atoms with E-state index in [1.807, 2.05) is 60.7 Å². The van der Waals surface area contributed by atoms with Gasteiger partial charge in [0.1, 0.15) is 0 Å². The summed E-state index contributed by atoms with van der Waals surface area (Å²) in [6, 6.07) is 19.5. The Morgan fingerprint density at radius 2 is 1.59 bits per heavy atom. The zero-order valence-electron chi connectivity index (χ0n) is 11.5. The first-order valence-corrected chi connectivity index (χ1v) is 6.78. The summed E-state index contributed by atoms with van der Waals surface area (Å²) in [4.78, 5) is 0. The van der Waals surface area contributed by atoms with Crippen molar-refractivity contribution in [3.05, 3.63) is 66.9 Å². The normalized spacial score (nSPS) is 10.7. The second-order valence-corrected chi connectivity index (χ2v) is 4.68.